The van der Waals surface area contributed by atoms with E-state index in [-0.39, 0.29) is 5.76 Å². The molecular formula is C19H36O3. The normalized spacial score (nSPS) is 11.3. The van der Waals surface area contributed by atoms with E-state index in [9.17, 15) is 4.79 Å². The largest absolute Gasteiger partial charge is 0.487 e. The lowest BCUT2D eigenvalue weighted by molar-refractivity contribution is -0.154. The fourth-order valence-corrected chi connectivity index (χ4v) is 2.18. The number of ether oxygens (including phenoxy) is 2. The van der Waals surface area contributed by atoms with E-state index in [1.165, 1.54) is 51.4 Å². The van der Waals surface area contributed by atoms with Gasteiger partial charge in [0, 0.05) is 0 Å². The third kappa shape index (κ3) is 14.0. The number of unbranched alkanes of at least 4 members (excludes halogenated alkanes) is 9. The monoisotopic (exact) mass is 312 g/mol. The molecule has 0 saturated heterocycles. The van der Waals surface area contributed by atoms with Gasteiger partial charge in [-0.05, 0) is 33.8 Å². The van der Waals surface area contributed by atoms with Gasteiger partial charge in [0.1, 0.15) is 5.60 Å². The van der Waals surface area contributed by atoms with E-state index in [0.717, 1.165) is 12.8 Å². The molecule has 0 rings (SSSR count). The molecule has 0 N–H and O–H groups in total. The van der Waals surface area contributed by atoms with Crippen LogP contribution >= 0.6 is 0 Å². The first-order valence-corrected chi connectivity index (χ1v) is 8.92. The molecule has 22 heavy (non-hydrogen) atoms. The van der Waals surface area contributed by atoms with E-state index < -0.39 is 11.6 Å². The van der Waals surface area contributed by atoms with Gasteiger partial charge in [0.05, 0.1) is 6.61 Å². The molecule has 0 saturated carbocycles. The van der Waals surface area contributed by atoms with Gasteiger partial charge in [0.25, 0.3) is 0 Å². The van der Waals surface area contributed by atoms with Crippen LogP contribution in [0.25, 0.3) is 0 Å². The zero-order valence-corrected chi connectivity index (χ0v) is 15.2. The molecule has 0 fully saturated rings. The van der Waals surface area contributed by atoms with Crippen LogP contribution in [0, 0.1) is 0 Å². The molecule has 0 aliphatic heterocycles. The molecule has 0 heterocycles. The summed E-state index contributed by atoms with van der Waals surface area (Å²) in [7, 11) is 0. The van der Waals surface area contributed by atoms with Crippen molar-refractivity contribution in [1.82, 2.24) is 0 Å². The quantitative estimate of drug-likeness (QED) is 0.187. The molecule has 3 nitrogen and oxygen atoms in total. The van der Waals surface area contributed by atoms with Gasteiger partial charge in [-0.1, -0.05) is 64.7 Å². The molecule has 130 valence electrons. The first kappa shape index (κ1) is 21.0. The second-order valence-electron chi connectivity index (χ2n) is 6.96. The van der Waals surface area contributed by atoms with Crippen LogP contribution in [0.1, 0.15) is 91.9 Å². The third-order valence-corrected chi connectivity index (χ3v) is 3.40. The van der Waals surface area contributed by atoms with Crippen LogP contribution in [0.15, 0.2) is 12.3 Å². The summed E-state index contributed by atoms with van der Waals surface area (Å²) in [5, 5.41) is 0. The van der Waals surface area contributed by atoms with Crippen LogP contribution in [0.5, 0.6) is 0 Å². The summed E-state index contributed by atoms with van der Waals surface area (Å²) in [5.74, 6) is -0.342. The molecule has 0 unspecified atom stereocenters. The van der Waals surface area contributed by atoms with Crippen molar-refractivity contribution in [2.45, 2.75) is 97.5 Å². The van der Waals surface area contributed by atoms with E-state index in [4.69, 9.17) is 9.47 Å². The van der Waals surface area contributed by atoms with Crippen molar-refractivity contribution in [2.24, 2.45) is 0 Å². The zero-order chi connectivity index (χ0) is 16.8. The minimum Gasteiger partial charge on any atom is -0.487 e. The predicted octanol–water partition coefficient (Wildman–Crippen LogP) is 5.78. The molecule has 0 aliphatic rings. The smallest absolute Gasteiger partial charge is 0.373 e. The van der Waals surface area contributed by atoms with Crippen LogP contribution in [0.3, 0.4) is 0 Å². The van der Waals surface area contributed by atoms with Crippen LogP contribution in [-0.4, -0.2) is 18.2 Å². The highest BCUT2D eigenvalue weighted by molar-refractivity contribution is 5.85. The molecular weight excluding hydrogens is 276 g/mol. The van der Waals surface area contributed by atoms with E-state index >= 15 is 0 Å². The van der Waals surface area contributed by atoms with Gasteiger partial charge in [-0.2, -0.15) is 0 Å². The number of carbonyl (C=O) groups is 1. The highest BCUT2D eigenvalue weighted by atomic mass is 16.6. The molecule has 0 atom stereocenters. The van der Waals surface area contributed by atoms with Gasteiger partial charge >= 0.3 is 5.97 Å². The summed E-state index contributed by atoms with van der Waals surface area (Å²) < 4.78 is 10.5. The zero-order valence-electron chi connectivity index (χ0n) is 15.2. The minimum absolute atomic E-state index is 0.117. The van der Waals surface area contributed by atoms with Crippen LogP contribution in [-0.2, 0) is 14.3 Å². The molecule has 0 aromatic heterocycles. The molecule has 0 spiro atoms. The lowest BCUT2D eigenvalue weighted by atomic mass is 10.1. The molecule has 0 amide bonds. The van der Waals surface area contributed by atoms with E-state index in [0.29, 0.717) is 6.61 Å². The maximum Gasteiger partial charge on any atom is 0.373 e. The SMILES string of the molecule is C=C(OCCCCCCCCCCCC)C(=O)OC(C)(C)C. The van der Waals surface area contributed by atoms with Crippen LogP contribution in [0.2, 0.25) is 0 Å². The molecule has 3 heteroatoms. The number of rotatable bonds is 13. The van der Waals surface area contributed by atoms with Crippen molar-refractivity contribution in [3.8, 4) is 0 Å². The standard InChI is InChI=1S/C19H36O3/c1-6-7-8-9-10-11-12-13-14-15-16-21-17(2)18(20)22-19(3,4)5/h2,6-16H2,1,3-5H3. The Morgan fingerprint density at radius 3 is 1.77 bits per heavy atom. The van der Waals surface area contributed by atoms with Crippen LogP contribution < -0.4 is 0 Å². The number of hydrogen-bond acceptors (Lipinski definition) is 3. The summed E-state index contributed by atoms with van der Waals surface area (Å²) in [6.07, 6.45) is 12.8. The van der Waals surface area contributed by atoms with Gasteiger partial charge in [-0.25, -0.2) is 4.79 Å². The summed E-state index contributed by atoms with van der Waals surface area (Å²) in [5.41, 5.74) is -0.499. The highest BCUT2D eigenvalue weighted by Crippen LogP contribution is 2.12. The molecule has 0 aromatic carbocycles. The van der Waals surface area contributed by atoms with E-state index in [2.05, 4.69) is 13.5 Å². The Kier molecular flexibility index (Phi) is 12.0. The Labute approximate surface area is 137 Å². The van der Waals surface area contributed by atoms with Crippen molar-refractivity contribution >= 4 is 5.97 Å². The number of esters is 1. The summed E-state index contributed by atoms with van der Waals surface area (Å²) in [6, 6.07) is 0. The first-order chi connectivity index (χ1) is 10.4. The average molecular weight is 312 g/mol. The second-order valence-corrected chi connectivity index (χ2v) is 6.96. The summed E-state index contributed by atoms with van der Waals surface area (Å²) >= 11 is 0. The summed E-state index contributed by atoms with van der Waals surface area (Å²) in [4.78, 5) is 11.6. The summed E-state index contributed by atoms with van der Waals surface area (Å²) in [6.45, 7) is 11.9. The van der Waals surface area contributed by atoms with Crippen LogP contribution in [0.4, 0.5) is 0 Å². The predicted molar refractivity (Wildman–Crippen MR) is 92.8 cm³/mol. The molecule has 0 aliphatic carbocycles. The first-order valence-electron chi connectivity index (χ1n) is 8.92. The number of hydrogen-bond donors (Lipinski definition) is 0. The lowest BCUT2D eigenvalue weighted by Crippen LogP contribution is -2.25. The van der Waals surface area contributed by atoms with Gasteiger partial charge in [0.2, 0.25) is 0 Å². The molecule has 0 aromatic rings. The van der Waals surface area contributed by atoms with Gasteiger partial charge < -0.3 is 9.47 Å². The lowest BCUT2D eigenvalue weighted by Gasteiger charge is -2.20. The number of carbonyl (C=O) groups excluding carboxylic acids is 1. The fourth-order valence-electron chi connectivity index (χ4n) is 2.18. The van der Waals surface area contributed by atoms with Crippen molar-refractivity contribution in [2.75, 3.05) is 6.61 Å². The Bertz CT molecular complexity index is 302. The van der Waals surface area contributed by atoms with Gasteiger partial charge in [-0.15, -0.1) is 0 Å². The maximum atomic E-state index is 11.6. The second kappa shape index (κ2) is 12.5. The fraction of sp³-hybridized carbons (Fsp3) is 0.842. The van der Waals surface area contributed by atoms with E-state index in [1.54, 1.807) is 0 Å². The highest BCUT2D eigenvalue weighted by Gasteiger charge is 2.19. The van der Waals surface area contributed by atoms with Gasteiger partial charge in [-0.3, -0.25) is 0 Å². The van der Waals surface area contributed by atoms with E-state index in [1.807, 2.05) is 20.8 Å². The van der Waals surface area contributed by atoms with Gasteiger partial charge in [0.15, 0.2) is 5.76 Å². The molecule has 0 radical (unpaired) electrons. The Morgan fingerprint density at radius 2 is 1.32 bits per heavy atom. The Hall–Kier alpha value is -0.990. The van der Waals surface area contributed by atoms with Crippen molar-refractivity contribution in [3.63, 3.8) is 0 Å². The Balaban J connectivity index is 3.39. The Morgan fingerprint density at radius 1 is 0.864 bits per heavy atom. The molecule has 0 bridgehead atoms. The maximum absolute atomic E-state index is 11.6. The van der Waals surface area contributed by atoms with Crippen molar-refractivity contribution in [1.29, 1.82) is 0 Å². The topological polar surface area (TPSA) is 35.5 Å². The van der Waals surface area contributed by atoms with Crippen molar-refractivity contribution < 1.29 is 14.3 Å². The third-order valence-electron chi connectivity index (χ3n) is 3.40. The van der Waals surface area contributed by atoms with Crippen molar-refractivity contribution in [3.05, 3.63) is 12.3 Å². The average Bonchev–Trinajstić information content (AvgIpc) is 2.42. The minimum atomic E-state index is -0.499.